The number of aryl methyl sites for hydroxylation is 1. The Morgan fingerprint density at radius 2 is 1.56 bits per heavy atom. The molecule has 1 amide bonds. The van der Waals surface area contributed by atoms with E-state index in [1.807, 2.05) is 31.2 Å². The Labute approximate surface area is 199 Å². The van der Waals surface area contributed by atoms with Crippen molar-refractivity contribution in [2.45, 2.75) is 51.9 Å². The minimum absolute atomic E-state index is 0.0677. The van der Waals surface area contributed by atoms with E-state index < -0.39 is 0 Å². The summed E-state index contributed by atoms with van der Waals surface area (Å²) >= 11 is 0. The van der Waals surface area contributed by atoms with Crippen molar-refractivity contribution in [1.82, 2.24) is 5.32 Å². The zero-order chi connectivity index (χ0) is 24.1. The zero-order valence-electron chi connectivity index (χ0n) is 19.8. The van der Waals surface area contributed by atoms with E-state index >= 15 is 0 Å². The molecule has 1 atom stereocenters. The van der Waals surface area contributed by atoms with Crippen LogP contribution in [0.1, 0.15) is 71.0 Å². The van der Waals surface area contributed by atoms with Gasteiger partial charge in [0.05, 0.1) is 0 Å². The maximum Gasteiger partial charge on any atom is 0.223 e. The van der Waals surface area contributed by atoms with Gasteiger partial charge in [0.15, 0.2) is 17.3 Å². The van der Waals surface area contributed by atoms with Gasteiger partial charge in [-0.05, 0) is 55.5 Å². The predicted octanol–water partition coefficient (Wildman–Crippen LogP) is 5.79. The summed E-state index contributed by atoms with van der Waals surface area (Å²) in [5, 5.41) is 2.73. The number of benzene rings is 1. The maximum absolute atomic E-state index is 13.0. The molecule has 2 heterocycles. The first-order valence-corrected chi connectivity index (χ1v) is 12.0. The third kappa shape index (κ3) is 5.56. The SMILES string of the molecule is CNC(=O)[C@@H](CC(=O)c1ccc(-c2ccc(CC(=O)c3ccc(C)o3)cc2)o1)C1CCCCC1. The number of ketones is 2. The molecular weight excluding hydrogens is 430 g/mol. The van der Waals surface area contributed by atoms with E-state index in [2.05, 4.69) is 5.32 Å². The van der Waals surface area contributed by atoms with E-state index in [4.69, 9.17) is 8.83 Å². The molecule has 6 nitrogen and oxygen atoms in total. The van der Waals surface area contributed by atoms with Gasteiger partial charge < -0.3 is 14.2 Å². The summed E-state index contributed by atoms with van der Waals surface area (Å²) in [7, 11) is 1.63. The molecule has 1 aliphatic carbocycles. The number of hydrogen-bond acceptors (Lipinski definition) is 5. The van der Waals surface area contributed by atoms with Gasteiger partial charge in [0.25, 0.3) is 0 Å². The molecule has 3 aromatic rings. The molecule has 0 unspecified atom stereocenters. The van der Waals surface area contributed by atoms with Crippen LogP contribution in [-0.4, -0.2) is 24.5 Å². The van der Waals surface area contributed by atoms with Crippen LogP contribution in [0.3, 0.4) is 0 Å². The molecule has 4 rings (SSSR count). The van der Waals surface area contributed by atoms with Gasteiger partial charge in [0.2, 0.25) is 11.7 Å². The first-order valence-electron chi connectivity index (χ1n) is 12.0. The van der Waals surface area contributed by atoms with Crippen molar-refractivity contribution < 1.29 is 23.2 Å². The summed E-state index contributed by atoms with van der Waals surface area (Å²) in [5.74, 6) is 1.55. The zero-order valence-corrected chi connectivity index (χ0v) is 19.8. The lowest BCUT2D eigenvalue weighted by Gasteiger charge is -2.28. The third-order valence-electron chi connectivity index (χ3n) is 6.71. The highest BCUT2D eigenvalue weighted by Crippen LogP contribution is 2.33. The molecule has 1 N–H and O–H groups in total. The van der Waals surface area contributed by atoms with Gasteiger partial charge >= 0.3 is 0 Å². The lowest BCUT2D eigenvalue weighted by molar-refractivity contribution is -0.126. The third-order valence-corrected chi connectivity index (χ3v) is 6.71. The number of carbonyl (C=O) groups is 3. The first-order chi connectivity index (χ1) is 16.4. The molecule has 0 saturated heterocycles. The van der Waals surface area contributed by atoms with Crippen LogP contribution in [-0.2, 0) is 11.2 Å². The van der Waals surface area contributed by atoms with Crippen molar-refractivity contribution in [1.29, 1.82) is 0 Å². The lowest BCUT2D eigenvalue weighted by Crippen LogP contribution is -2.35. The summed E-state index contributed by atoms with van der Waals surface area (Å²) in [6, 6.07) is 14.4. The second-order valence-corrected chi connectivity index (χ2v) is 9.12. The van der Waals surface area contributed by atoms with E-state index in [1.54, 1.807) is 31.3 Å². The number of amides is 1. The largest absolute Gasteiger partial charge is 0.458 e. The predicted molar refractivity (Wildman–Crippen MR) is 129 cm³/mol. The van der Waals surface area contributed by atoms with Crippen molar-refractivity contribution in [2.24, 2.45) is 11.8 Å². The molecule has 1 fully saturated rings. The summed E-state index contributed by atoms with van der Waals surface area (Å²) in [6.07, 6.45) is 5.80. The van der Waals surface area contributed by atoms with E-state index in [0.717, 1.165) is 36.8 Å². The first kappa shape index (κ1) is 23.7. The number of rotatable bonds is 9. The van der Waals surface area contributed by atoms with Crippen molar-refractivity contribution in [3.8, 4) is 11.3 Å². The highest BCUT2D eigenvalue weighted by molar-refractivity contribution is 5.97. The number of hydrogen-bond donors (Lipinski definition) is 1. The van der Waals surface area contributed by atoms with Crippen LogP contribution in [0.25, 0.3) is 11.3 Å². The van der Waals surface area contributed by atoms with Gasteiger partial charge in [-0.3, -0.25) is 14.4 Å². The van der Waals surface area contributed by atoms with Gasteiger partial charge in [0.1, 0.15) is 11.5 Å². The minimum atomic E-state index is -0.318. The van der Waals surface area contributed by atoms with Crippen LogP contribution in [0.4, 0.5) is 0 Å². The van der Waals surface area contributed by atoms with Crippen molar-refractivity contribution in [2.75, 3.05) is 7.05 Å². The van der Waals surface area contributed by atoms with Gasteiger partial charge in [-0.15, -0.1) is 0 Å². The number of carbonyl (C=O) groups excluding carboxylic acids is 3. The fraction of sp³-hybridized carbons (Fsp3) is 0.393. The van der Waals surface area contributed by atoms with E-state index in [9.17, 15) is 14.4 Å². The molecule has 0 bridgehead atoms. The molecular formula is C28H31NO5. The number of furan rings is 2. The summed E-state index contributed by atoms with van der Waals surface area (Å²) < 4.78 is 11.3. The number of nitrogens with one attached hydrogen (secondary N) is 1. The Kier molecular flexibility index (Phi) is 7.46. The average molecular weight is 462 g/mol. The Morgan fingerprint density at radius 3 is 2.21 bits per heavy atom. The van der Waals surface area contributed by atoms with E-state index in [-0.39, 0.29) is 47.9 Å². The molecule has 178 valence electrons. The normalized spacial score (nSPS) is 15.1. The fourth-order valence-electron chi connectivity index (χ4n) is 4.78. The fourth-order valence-corrected chi connectivity index (χ4v) is 4.78. The maximum atomic E-state index is 13.0. The van der Waals surface area contributed by atoms with Crippen molar-refractivity contribution >= 4 is 17.5 Å². The van der Waals surface area contributed by atoms with Crippen LogP contribution in [0.2, 0.25) is 0 Å². The van der Waals surface area contributed by atoms with Crippen molar-refractivity contribution in [3.63, 3.8) is 0 Å². The Balaban J connectivity index is 1.41. The van der Waals surface area contributed by atoms with Crippen LogP contribution >= 0.6 is 0 Å². The monoisotopic (exact) mass is 461 g/mol. The highest BCUT2D eigenvalue weighted by Gasteiger charge is 2.32. The molecule has 34 heavy (non-hydrogen) atoms. The molecule has 0 aliphatic heterocycles. The van der Waals surface area contributed by atoms with Crippen molar-refractivity contribution in [3.05, 3.63) is 71.4 Å². The number of Topliss-reactive ketones (excluding diaryl/α,β-unsaturated/α-hetero) is 2. The summed E-state index contributed by atoms with van der Waals surface area (Å²) in [5.41, 5.74) is 1.69. The molecule has 0 spiro atoms. The summed E-state index contributed by atoms with van der Waals surface area (Å²) in [6.45, 7) is 1.81. The van der Waals surface area contributed by atoms with E-state index in [0.29, 0.717) is 17.3 Å². The Morgan fingerprint density at radius 1 is 0.882 bits per heavy atom. The van der Waals surface area contributed by atoms with Gasteiger partial charge in [-0.25, -0.2) is 0 Å². The van der Waals surface area contributed by atoms with Crippen LogP contribution in [0.15, 0.2) is 57.4 Å². The van der Waals surface area contributed by atoms with E-state index in [1.165, 1.54) is 6.42 Å². The van der Waals surface area contributed by atoms with Gasteiger partial charge in [-0.1, -0.05) is 43.5 Å². The van der Waals surface area contributed by atoms with Gasteiger partial charge in [-0.2, -0.15) is 0 Å². The molecule has 0 radical (unpaired) electrons. The lowest BCUT2D eigenvalue weighted by atomic mass is 9.77. The summed E-state index contributed by atoms with van der Waals surface area (Å²) in [4.78, 5) is 37.8. The van der Waals surface area contributed by atoms with Crippen LogP contribution in [0.5, 0.6) is 0 Å². The van der Waals surface area contributed by atoms with Crippen LogP contribution in [0, 0.1) is 18.8 Å². The molecule has 2 aromatic heterocycles. The standard InChI is InChI=1S/C28H31NO5/c1-18-8-13-26(33-18)23(30)16-19-9-11-21(12-10-19)25-14-15-27(34-25)24(31)17-22(28(32)29-2)20-6-4-3-5-7-20/h8-15,20,22H,3-7,16-17H2,1-2H3,(H,29,32)/t22-/m0/s1. The van der Waals surface area contributed by atoms with Gasteiger partial charge in [0, 0.05) is 31.4 Å². The van der Waals surface area contributed by atoms with Crippen LogP contribution < -0.4 is 5.32 Å². The molecule has 6 heteroatoms. The topological polar surface area (TPSA) is 89.5 Å². The highest BCUT2D eigenvalue weighted by atomic mass is 16.4. The average Bonchev–Trinajstić information content (AvgIpc) is 3.53. The second kappa shape index (κ2) is 10.7. The Hall–Kier alpha value is -3.41. The molecule has 1 aromatic carbocycles. The quantitative estimate of drug-likeness (QED) is 0.408. The minimum Gasteiger partial charge on any atom is -0.458 e. The second-order valence-electron chi connectivity index (χ2n) is 9.12. The Bertz CT molecular complexity index is 1150. The molecule has 1 saturated carbocycles. The molecule has 1 aliphatic rings. The smallest absolute Gasteiger partial charge is 0.223 e.